The molecule has 0 bridgehead atoms. The number of hydrogen-bond donors (Lipinski definition) is 1. The number of Topliss-reactive ketones (excluding diaryl/α,β-unsaturated/α-hetero) is 1. The number of nitrogens with zero attached hydrogens (tertiary/aromatic N) is 1. The van der Waals surface area contributed by atoms with Gasteiger partial charge in [0.25, 0.3) is 0 Å². The first-order chi connectivity index (χ1) is 8.61. The molecule has 1 fully saturated rings. The minimum Gasteiger partial charge on any atom is -0.398 e. The van der Waals surface area contributed by atoms with Gasteiger partial charge in [-0.2, -0.15) is 0 Å². The Labute approximate surface area is 109 Å². The molecule has 0 spiro atoms. The maximum atomic E-state index is 11.3. The van der Waals surface area contributed by atoms with Crippen LogP contribution in [0.3, 0.4) is 0 Å². The quantitative estimate of drug-likeness (QED) is 0.656. The van der Waals surface area contributed by atoms with Gasteiger partial charge in [0.1, 0.15) is 0 Å². The Bertz CT molecular complexity index is 442. The second kappa shape index (κ2) is 5.42. The van der Waals surface area contributed by atoms with Crippen LogP contribution in [0, 0.1) is 5.92 Å². The van der Waals surface area contributed by atoms with Crippen molar-refractivity contribution >= 4 is 17.2 Å². The van der Waals surface area contributed by atoms with Gasteiger partial charge < -0.3 is 10.6 Å². The van der Waals surface area contributed by atoms with Crippen molar-refractivity contribution in [1.29, 1.82) is 0 Å². The smallest absolute Gasteiger partial charge is 0.161 e. The summed E-state index contributed by atoms with van der Waals surface area (Å²) in [6.45, 7) is 6.01. The van der Waals surface area contributed by atoms with Crippen LogP contribution < -0.4 is 10.6 Å². The number of nitrogen functional groups attached to an aromatic ring is 1. The zero-order valence-electron chi connectivity index (χ0n) is 11.3. The van der Waals surface area contributed by atoms with Crippen LogP contribution in [-0.4, -0.2) is 18.9 Å². The van der Waals surface area contributed by atoms with E-state index in [-0.39, 0.29) is 5.78 Å². The Morgan fingerprint density at radius 2 is 2.28 bits per heavy atom. The van der Waals surface area contributed by atoms with E-state index in [1.54, 1.807) is 6.92 Å². The highest BCUT2D eigenvalue weighted by molar-refractivity contribution is 5.99. The number of rotatable bonds is 4. The van der Waals surface area contributed by atoms with Gasteiger partial charge in [-0.1, -0.05) is 13.3 Å². The molecule has 0 amide bonds. The van der Waals surface area contributed by atoms with Crippen LogP contribution in [0.15, 0.2) is 18.2 Å². The molecule has 1 heterocycles. The molecule has 1 aliphatic heterocycles. The topological polar surface area (TPSA) is 46.3 Å². The maximum absolute atomic E-state index is 11.3. The molecular formula is C15H22N2O. The molecule has 1 aliphatic rings. The predicted molar refractivity (Wildman–Crippen MR) is 76.1 cm³/mol. The molecule has 1 aromatic carbocycles. The normalized spacial score (nSPS) is 19.2. The fraction of sp³-hybridized carbons (Fsp3) is 0.533. The first-order valence-electron chi connectivity index (χ1n) is 6.77. The molecule has 1 aromatic rings. The standard InChI is InChI=1S/C15H22N2O/c1-3-4-12-7-8-17(10-12)13-5-6-14(11(2)18)15(16)9-13/h5-6,9,12H,3-4,7-8,10,16H2,1-2H3. The minimum absolute atomic E-state index is 0.0318. The van der Waals surface area contributed by atoms with E-state index < -0.39 is 0 Å². The summed E-state index contributed by atoms with van der Waals surface area (Å²) < 4.78 is 0. The number of carbonyl (C=O) groups is 1. The average molecular weight is 246 g/mol. The van der Waals surface area contributed by atoms with Gasteiger partial charge in [-0.15, -0.1) is 0 Å². The summed E-state index contributed by atoms with van der Waals surface area (Å²) in [6, 6.07) is 5.80. The van der Waals surface area contributed by atoms with Crippen LogP contribution in [0.2, 0.25) is 0 Å². The van der Waals surface area contributed by atoms with Gasteiger partial charge in [0.15, 0.2) is 5.78 Å². The third-order valence-electron chi connectivity index (χ3n) is 3.76. The van der Waals surface area contributed by atoms with Gasteiger partial charge in [-0.25, -0.2) is 0 Å². The third kappa shape index (κ3) is 2.66. The van der Waals surface area contributed by atoms with E-state index in [4.69, 9.17) is 5.73 Å². The van der Waals surface area contributed by atoms with Crippen LogP contribution in [-0.2, 0) is 0 Å². The Morgan fingerprint density at radius 3 is 2.89 bits per heavy atom. The van der Waals surface area contributed by atoms with Crippen molar-refractivity contribution in [2.45, 2.75) is 33.1 Å². The van der Waals surface area contributed by atoms with E-state index in [0.717, 1.165) is 24.7 Å². The van der Waals surface area contributed by atoms with Crippen molar-refractivity contribution in [3.05, 3.63) is 23.8 Å². The summed E-state index contributed by atoms with van der Waals surface area (Å²) in [5.41, 5.74) is 8.31. The van der Waals surface area contributed by atoms with Crippen LogP contribution in [0.25, 0.3) is 0 Å². The van der Waals surface area contributed by atoms with Gasteiger partial charge in [-0.3, -0.25) is 4.79 Å². The van der Waals surface area contributed by atoms with Gasteiger partial charge in [-0.05, 0) is 43.9 Å². The fourth-order valence-corrected chi connectivity index (χ4v) is 2.78. The molecular weight excluding hydrogens is 224 g/mol. The molecule has 0 aliphatic carbocycles. The van der Waals surface area contributed by atoms with Crippen molar-refractivity contribution in [1.82, 2.24) is 0 Å². The summed E-state index contributed by atoms with van der Waals surface area (Å²) in [4.78, 5) is 13.7. The molecule has 18 heavy (non-hydrogen) atoms. The Hall–Kier alpha value is -1.51. The Kier molecular flexibility index (Phi) is 3.90. The van der Waals surface area contributed by atoms with Crippen molar-refractivity contribution < 1.29 is 4.79 Å². The largest absolute Gasteiger partial charge is 0.398 e. The third-order valence-corrected chi connectivity index (χ3v) is 3.76. The van der Waals surface area contributed by atoms with Gasteiger partial charge in [0.05, 0.1) is 0 Å². The highest BCUT2D eigenvalue weighted by Crippen LogP contribution is 2.28. The molecule has 0 aromatic heterocycles. The monoisotopic (exact) mass is 246 g/mol. The molecule has 0 radical (unpaired) electrons. The van der Waals surface area contributed by atoms with Gasteiger partial charge >= 0.3 is 0 Å². The number of nitrogens with two attached hydrogens (primary N) is 1. The molecule has 2 N–H and O–H groups in total. The summed E-state index contributed by atoms with van der Waals surface area (Å²) in [5.74, 6) is 0.841. The second-order valence-electron chi connectivity index (χ2n) is 5.22. The Balaban J connectivity index is 2.11. The minimum atomic E-state index is 0.0318. The molecule has 1 saturated heterocycles. The van der Waals surface area contributed by atoms with Crippen molar-refractivity contribution in [3.63, 3.8) is 0 Å². The lowest BCUT2D eigenvalue weighted by molar-refractivity contribution is 0.101. The molecule has 1 unspecified atom stereocenters. The molecule has 0 saturated carbocycles. The highest BCUT2D eigenvalue weighted by Gasteiger charge is 2.22. The SMILES string of the molecule is CCCC1CCN(c2ccc(C(C)=O)c(N)c2)C1. The van der Waals surface area contributed by atoms with Crippen molar-refractivity contribution in [2.75, 3.05) is 23.7 Å². The van der Waals surface area contributed by atoms with Gasteiger partial charge in [0, 0.05) is 30.0 Å². The highest BCUT2D eigenvalue weighted by atomic mass is 16.1. The maximum Gasteiger partial charge on any atom is 0.161 e. The summed E-state index contributed by atoms with van der Waals surface area (Å²) in [7, 11) is 0. The lowest BCUT2D eigenvalue weighted by Crippen LogP contribution is -2.20. The number of carbonyl (C=O) groups excluding carboxylic acids is 1. The van der Waals surface area contributed by atoms with Crippen molar-refractivity contribution in [3.8, 4) is 0 Å². The lowest BCUT2D eigenvalue weighted by atomic mass is 10.0. The first kappa shape index (κ1) is 12.9. The van der Waals surface area contributed by atoms with Crippen LogP contribution in [0.1, 0.15) is 43.5 Å². The molecule has 3 nitrogen and oxygen atoms in total. The van der Waals surface area contributed by atoms with Crippen molar-refractivity contribution in [2.24, 2.45) is 5.92 Å². The number of ketones is 1. The summed E-state index contributed by atoms with van der Waals surface area (Å²) >= 11 is 0. The zero-order chi connectivity index (χ0) is 13.1. The number of anilines is 2. The molecule has 2 rings (SSSR count). The fourth-order valence-electron chi connectivity index (χ4n) is 2.78. The van der Waals surface area contributed by atoms with E-state index in [1.807, 2.05) is 18.2 Å². The van der Waals surface area contributed by atoms with Gasteiger partial charge in [0.2, 0.25) is 0 Å². The van der Waals surface area contributed by atoms with Crippen LogP contribution in [0.5, 0.6) is 0 Å². The van der Waals surface area contributed by atoms with E-state index in [2.05, 4.69) is 11.8 Å². The number of hydrogen-bond acceptors (Lipinski definition) is 3. The van der Waals surface area contributed by atoms with E-state index >= 15 is 0 Å². The molecule has 1 atom stereocenters. The van der Waals surface area contributed by atoms with E-state index in [1.165, 1.54) is 19.3 Å². The predicted octanol–water partition coefficient (Wildman–Crippen LogP) is 3.10. The molecule has 3 heteroatoms. The van der Waals surface area contributed by atoms with Crippen LogP contribution >= 0.6 is 0 Å². The Morgan fingerprint density at radius 1 is 1.50 bits per heavy atom. The molecule has 98 valence electrons. The van der Waals surface area contributed by atoms with Crippen LogP contribution in [0.4, 0.5) is 11.4 Å². The number of benzene rings is 1. The summed E-state index contributed by atoms with van der Waals surface area (Å²) in [5, 5.41) is 0. The summed E-state index contributed by atoms with van der Waals surface area (Å²) in [6.07, 6.45) is 3.82. The average Bonchev–Trinajstić information content (AvgIpc) is 2.77. The zero-order valence-corrected chi connectivity index (χ0v) is 11.3. The lowest BCUT2D eigenvalue weighted by Gasteiger charge is -2.19. The first-order valence-corrected chi connectivity index (χ1v) is 6.77. The van der Waals surface area contributed by atoms with E-state index in [9.17, 15) is 4.79 Å². The van der Waals surface area contributed by atoms with E-state index in [0.29, 0.717) is 11.3 Å². The second-order valence-corrected chi connectivity index (χ2v) is 5.22.